The lowest BCUT2D eigenvalue weighted by Crippen LogP contribution is -2.43. The Kier molecular flexibility index (Phi) is 3.93. The third-order valence-electron chi connectivity index (χ3n) is 4.27. The molecule has 2 unspecified atom stereocenters. The van der Waals surface area contributed by atoms with Gasteiger partial charge >= 0.3 is 0 Å². The van der Waals surface area contributed by atoms with Gasteiger partial charge in [-0.3, -0.25) is 4.79 Å². The Bertz CT molecular complexity index is 506. The first-order valence-electron chi connectivity index (χ1n) is 7.05. The van der Waals surface area contributed by atoms with Gasteiger partial charge in [0.25, 0.3) is 0 Å². The molecule has 3 nitrogen and oxygen atoms in total. The lowest BCUT2D eigenvalue weighted by molar-refractivity contribution is -0.133. The monoisotopic (exact) mass is 312 g/mol. The minimum atomic E-state index is 0.0962. The molecule has 0 radical (unpaired) electrons. The second kappa shape index (κ2) is 5.55. The Morgan fingerprint density at radius 1 is 1.15 bits per heavy atom. The quantitative estimate of drug-likeness (QED) is 0.912. The number of carbonyl (C=O) groups excluding carboxylic acids is 1. The van der Waals surface area contributed by atoms with Crippen molar-refractivity contribution in [2.75, 3.05) is 13.1 Å². The molecule has 2 atom stereocenters. The van der Waals surface area contributed by atoms with E-state index in [0.29, 0.717) is 10.0 Å². The van der Waals surface area contributed by atoms with E-state index in [4.69, 9.17) is 28.9 Å². The zero-order chi connectivity index (χ0) is 14.3. The van der Waals surface area contributed by atoms with Crippen molar-refractivity contribution in [3.8, 4) is 0 Å². The molecule has 2 aliphatic rings. The summed E-state index contributed by atoms with van der Waals surface area (Å²) in [5.74, 6) is 0.631. The van der Waals surface area contributed by atoms with Crippen LogP contribution < -0.4 is 5.73 Å². The van der Waals surface area contributed by atoms with Gasteiger partial charge in [-0.1, -0.05) is 23.2 Å². The molecule has 2 N–H and O–H groups in total. The van der Waals surface area contributed by atoms with Gasteiger partial charge in [0.05, 0.1) is 0 Å². The van der Waals surface area contributed by atoms with E-state index in [-0.39, 0.29) is 23.8 Å². The first-order chi connectivity index (χ1) is 9.54. The molecule has 1 aromatic carbocycles. The largest absolute Gasteiger partial charge is 0.342 e. The number of carbonyl (C=O) groups is 1. The van der Waals surface area contributed by atoms with Gasteiger partial charge in [-0.25, -0.2) is 0 Å². The van der Waals surface area contributed by atoms with Crippen LogP contribution in [0.15, 0.2) is 18.2 Å². The molecule has 1 saturated carbocycles. The summed E-state index contributed by atoms with van der Waals surface area (Å²) in [6.07, 6.45) is 2.72. The van der Waals surface area contributed by atoms with Gasteiger partial charge in [-0.15, -0.1) is 0 Å². The number of nitrogens with zero attached hydrogens (tertiary/aromatic N) is 1. The van der Waals surface area contributed by atoms with Gasteiger partial charge in [0, 0.05) is 35.1 Å². The van der Waals surface area contributed by atoms with Crippen molar-refractivity contribution >= 4 is 29.1 Å². The summed E-state index contributed by atoms with van der Waals surface area (Å²) in [4.78, 5) is 14.4. The van der Waals surface area contributed by atoms with Gasteiger partial charge in [-0.05, 0) is 48.9 Å². The fourth-order valence-electron chi connectivity index (χ4n) is 2.98. The summed E-state index contributed by atoms with van der Waals surface area (Å²) in [6, 6.07) is 5.80. The molecule has 1 aliphatic heterocycles. The van der Waals surface area contributed by atoms with Crippen molar-refractivity contribution in [1.29, 1.82) is 0 Å². The number of hydrogen-bond donors (Lipinski definition) is 1. The molecular weight excluding hydrogens is 295 g/mol. The molecule has 1 aromatic rings. The molecule has 1 amide bonds. The number of piperidine rings is 1. The Morgan fingerprint density at radius 3 is 2.35 bits per heavy atom. The zero-order valence-electron chi connectivity index (χ0n) is 11.2. The van der Waals surface area contributed by atoms with Gasteiger partial charge in [0.1, 0.15) is 0 Å². The van der Waals surface area contributed by atoms with Crippen LogP contribution in [0.4, 0.5) is 0 Å². The number of amides is 1. The van der Waals surface area contributed by atoms with Crippen LogP contribution in [-0.2, 0) is 4.79 Å². The smallest absolute Gasteiger partial charge is 0.226 e. The van der Waals surface area contributed by atoms with Crippen LogP contribution in [0.5, 0.6) is 0 Å². The first kappa shape index (κ1) is 14.2. The van der Waals surface area contributed by atoms with Crippen LogP contribution >= 0.6 is 23.2 Å². The van der Waals surface area contributed by atoms with Crippen LogP contribution in [-0.4, -0.2) is 29.9 Å². The summed E-state index contributed by atoms with van der Waals surface area (Å²) in [6.45, 7) is 1.58. The molecule has 20 heavy (non-hydrogen) atoms. The Hall–Kier alpha value is -0.770. The SMILES string of the molecule is NC1CCN(C(=O)C2CC2c2cc(Cl)cc(Cl)c2)CC1. The van der Waals surface area contributed by atoms with Crippen molar-refractivity contribution in [1.82, 2.24) is 4.90 Å². The number of benzene rings is 1. The number of nitrogens with two attached hydrogens (primary N) is 1. The molecule has 0 bridgehead atoms. The number of likely N-dealkylation sites (tertiary alicyclic amines) is 1. The lowest BCUT2D eigenvalue weighted by atomic mass is 10.0. The van der Waals surface area contributed by atoms with E-state index in [0.717, 1.165) is 37.9 Å². The molecule has 1 aliphatic carbocycles. The Morgan fingerprint density at radius 2 is 1.75 bits per heavy atom. The third kappa shape index (κ3) is 2.95. The zero-order valence-corrected chi connectivity index (χ0v) is 12.7. The normalized spacial score (nSPS) is 26.6. The van der Waals surface area contributed by atoms with Crippen LogP contribution in [0, 0.1) is 5.92 Å². The van der Waals surface area contributed by atoms with E-state index in [9.17, 15) is 4.79 Å². The van der Waals surface area contributed by atoms with Gasteiger partial charge in [0.15, 0.2) is 0 Å². The van der Waals surface area contributed by atoms with Crippen LogP contribution in [0.2, 0.25) is 10.0 Å². The molecule has 0 aromatic heterocycles. The molecule has 108 valence electrons. The second-order valence-corrected chi connectivity index (χ2v) is 6.69. The third-order valence-corrected chi connectivity index (χ3v) is 4.71. The average molecular weight is 313 g/mol. The maximum atomic E-state index is 12.4. The lowest BCUT2D eigenvalue weighted by Gasteiger charge is -2.30. The summed E-state index contributed by atoms with van der Waals surface area (Å²) in [5, 5.41) is 1.27. The molecule has 0 spiro atoms. The molecule has 2 fully saturated rings. The first-order valence-corrected chi connectivity index (χ1v) is 7.80. The van der Waals surface area contributed by atoms with E-state index in [1.54, 1.807) is 6.07 Å². The second-order valence-electron chi connectivity index (χ2n) is 5.81. The van der Waals surface area contributed by atoms with Crippen LogP contribution in [0.1, 0.15) is 30.7 Å². The van der Waals surface area contributed by atoms with E-state index in [1.165, 1.54) is 0 Å². The maximum Gasteiger partial charge on any atom is 0.226 e. The van der Waals surface area contributed by atoms with E-state index in [1.807, 2.05) is 17.0 Å². The number of halogens is 2. The van der Waals surface area contributed by atoms with Gasteiger partial charge in [0.2, 0.25) is 5.91 Å². The minimum Gasteiger partial charge on any atom is -0.342 e. The molecular formula is C15H18Cl2N2O. The number of hydrogen-bond acceptors (Lipinski definition) is 2. The van der Waals surface area contributed by atoms with Crippen molar-refractivity contribution in [3.63, 3.8) is 0 Å². The summed E-state index contributed by atoms with van der Waals surface area (Å²) >= 11 is 12.0. The Balaban J connectivity index is 1.65. The fourth-order valence-corrected chi connectivity index (χ4v) is 3.52. The Labute approximate surface area is 129 Å². The predicted molar refractivity (Wildman–Crippen MR) is 81.1 cm³/mol. The highest BCUT2D eigenvalue weighted by Gasteiger charge is 2.46. The molecule has 3 rings (SSSR count). The molecule has 5 heteroatoms. The van der Waals surface area contributed by atoms with Gasteiger partial charge < -0.3 is 10.6 Å². The summed E-state index contributed by atoms with van der Waals surface area (Å²) in [5.41, 5.74) is 6.95. The highest BCUT2D eigenvalue weighted by atomic mass is 35.5. The molecule has 1 heterocycles. The van der Waals surface area contributed by atoms with Crippen LogP contribution in [0.25, 0.3) is 0 Å². The fraction of sp³-hybridized carbons (Fsp3) is 0.533. The standard InChI is InChI=1S/C15H18Cl2N2O/c16-10-5-9(6-11(17)7-10)13-8-14(13)15(20)19-3-1-12(18)2-4-19/h5-7,12-14H,1-4,8,18H2. The van der Waals surface area contributed by atoms with E-state index in [2.05, 4.69) is 0 Å². The van der Waals surface area contributed by atoms with Crippen LogP contribution in [0.3, 0.4) is 0 Å². The van der Waals surface area contributed by atoms with E-state index < -0.39 is 0 Å². The minimum absolute atomic E-state index is 0.0962. The highest BCUT2D eigenvalue weighted by molar-refractivity contribution is 6.34. The summed E-state index contributed by atoms with van der Waals surface area (Å²) in [7, 11) is 0. The molecule has 1 saturated heterocycles. The van der Waals surface area contributed by atoms with Crippen molar-refractivity contribution < 1.29 is 4.79 Å². The summed E-state index contributed by atoms with van der Waals surface area (Å²) < 4.78 is 0. The topological polar surface area (TPSA) is 46.3 Å². The van der Waals surface area contributed by atoms with E-state index >= 15 is 0 Å². The number of rotatable bonds is 2. The highest BCUT2D eigenvalue weighted by Crippen LogP contribution is 2.49. The van der Waals surface area contributed by atoms with Crippen molar-refractivity contribution in [2.24, 2.45) is 11.7 Å². The average Bonchev–Trinajstić information content (AvgIpc) is 3.18. The van der Waals surface area contributed by atoms with Crippen molar-refractivity contribution in [2.45, 2.75) is 31.2 Å². The predicted octanol–water partition coefficient (Wildman–Crippen LogP) is 3.05. The maximum absolute atomic E-state index is 12.4. The van der Waals surface area contributed by atoms with Gasteiger partial charge in [-0.2, -0.15) is 0 Å². The van der Waals surface area contributed by atoms with Crippen molar-refractivity contribution in [3.05, 3.63) is 33.8 Å².